The van der Waals surface area contributed by atoms with E-state index in [0.29, 0.717) is 11.4 Å². The van der Waals surface area contributed by atoms with Crippen molar-refractivity contribution >= 4 is 44.9 Å². The summed E-state index contributed by atoms with van der Waals surface area (Å²) in [7, 11) is -4.00. The smallest absolute Gasteiger partial charge is 0.339 e. The summed E-state index contributed by atoms with van der Waals surface area (Å²) >= 11 is 6.15. The second-order valence-corrected chi connectivity index (χ2v) is 9.39. The number of benzene rings is 3. The van der Waals surface area contributed by atoms with E-state index >= 15 is 0 Å². The molecule has 0 saturated carbocycles. The highest BCUT2D eigenvalue weighted by Crippen LogP contribution is 2.25. The van der Waals surface area contributed by atoms with Gasteiger partial charge in [-0.05, 0) is 56.3 Å². The van der Waals surface area contributed by atoms with Crippen molar-refractivity contribution in [3.05, 3.63) is 88.9 Å². The maximum atomic E-state index is 13.3. The molecule has 0 aliphatic rings. The van der Waals surface area contributed by atoms with E-state index in [0.717, 1.165) is 9.87 Å². The molecule has 0 fully saturated rings. The Balaban J connectivity index is 1.86. The molecule has 0 spiro atoms. The number of amides is 1. The van der Waals surface area contributed by atoms with Crippen molar-refractivity contribution in [1.82, 2.24) is 0 Å². The number of hydrogen-bond donors (Lipinski definition) is 1. The number of ether oxygens (including phenoxy) is 1. The van der Waals surface area contributed by atoms with E-state index in [4.69, 9.17) is 16.3 Å². The fourth-order valence-corrected chi connectivity index (χ4v) is 4.74. The Morgan fingerprint density at radius 2 is 1.67 bits per heavy atom. The number of rotatable bonds is 8. The van der Waals surface area contributed by atoms with Gasteiger partial charge in [-0.3, -0.25) is 9.10 Å². The first-order valence-corrected chi connectivity index (χ1v) is 11.9. The minimum absolute atomic E-state index is 0.0696. The summed E-state index contributed by atoms with van der Waals surface area (Å²) in [5.41, 5.74) is 1.80. The molecule has 0 saturated heterocycles. The highest BCUT2D eigenvalue weighted by molar-refractivity contribution is 7.92. The van der Waals surface area contributed by atoms with Crippen LogP contribution in [0, 0.1) is 6.92 Å². The highest BCUT2D eigenvalue weighted by atomic mass is 35.5. The first-order valence-electron chi connectivity index (χ1n) is 10.1. The Kier molecular flexibility index (Phi) is 7.73. The zero-order chi connectivity index (χ0) is 24.0. The minimum Gasteiger partial charge on any atom is -0.462 e. The summed E-state index contributed by atoms with van der Waals surface area (Å²) in [6.45, 7) is 3.32. The molecule has 9 heteroatoms. The topological polar surface area (TPSA) is 92.8 Å². The first kappa shape index (κ1) is 24.3. The molecular formula is C24H23ClN2O5S. The van der Waals surface area contributed by atoms with Crippen LogP contribution in [0.4, 0.5) is 11.4 Å². The van der Waals surface area contributed by atoms with Crippen LogP contribution in [0.15, 0.2) is 77.7 Å². The van der Waals surface area contributed by atoms with Gasteiger partial charge in [0, 0.05) is 5.69 Å². The van der Waals surface area contributed by atoms with Crippen molar-refractivity contribution in [1.29, 1.82) is 0 Å². The lowest BCUT2D eigenvalue weighted by molar-refractivity contribution is -0.114. The molecule has 7 nitrogen and oxygen atoms in total. The molecule has 1 amide bonds. The fraction of sp³-hybridized carbons (Fsp3) is 0.167. The third kappa shape index (κ3) is 5.91. The normalized spacial score (nSPS) is 11.0. The predicted molar refractivity (Wildman–Crippen MR) is 128 cm³/mol. The van der Waals surface area contributed by atoms with E-state index < -0.39 is 28.4 Å². The Morgan fingerprint density at radius 1 is 1.00 bits per heavy atom. The summed E-state index contributed by atoms with van der Waals surface area (Å²) in [5.74, 6) is -1.14. The standard InChI is InChI=1S/C24H23ClN2O5S/c1-3-32-24(29)21-14-11-18(15-22(21)25)26-23(28)16-27(19-12-9-17(2)10-13-19)33(30,31)20-7-5-4-6-8-20/h4-15H,3,16H2,1-2H3,(H,26,28). The Morgan fingerprint density at radius 3 is 2.27 bits per heavy atom. The third-order valence-electron chi connectivity index (χ3n) is 4.69. The summed E-state index contributed by atoms with van der Waals surface area (Å²) < 4.78 is 32.6. The van der Waals surface area contributed by atoms with Crippen LogP contribution in [0.2, 0.25) is 5.02 Å². The monoisotopic (exact) mass is 486 g/mol. The molecule has 33 heavy (non-hydrogen) atoms. The van der Waals surface area contributed by atoms with Crippen LogP contribution in [0.25, 0.3) is 0 Å². The average molecular weight is 487 g/mol. The molecule has 0 bridgehead atoms. The quantitative estimate of drug-likeness (QED) is 0.467. The molecule has 0 aliphatic carbocycles. The van der Waals surface area contributed by atoms with Crippen LogP contribution in [-0.4, -0.2) is 33.4 Å². The van der Waals surface area contributed by atoms with Gasteiger partial charge in [-0.25, -0.2) is 13.2 Å². The number of carbonyl (C=O) groups excluding carboxylic acids is 2. The molecule has 0 heterocycles. The van der Waals surface area contributed by atoms with Crippen LogP contribution in [0.5, 0.6) is 0 Å². The van der Waals surface area contributed by atoms with Crippen molar-refractivity contribution in [2.45, 2.75) is 18.7 Å². The van der Waals surface area contributed by atoms with Gasteiger partial charge >= 0.3 is 5.97 Å². The first-order chi connectivity index (χ1) is 15.7. The zero-order valence-corrected chi connectivity index (χ0v) is 19.7. The SMILES string of the molecule is CCOC(=O)c1ccc(NC(=O)CN(c2ccc(C)cc2)S(=O)(=O)c2ccccc2)cc1Cl. The molecule has 3 aromatic carbocycles. The molecule has 3 aromatic rings. The van der Waals surface area contributed by atoms with Gasteiger partial charge < -0.3 is 10.1 Å². The summed E-state index contributed by atoms with van der Waals surface area (Å²) in [5, 5.41) is 2.74. The molecule has 1 N–H and O–H groups in total. The van der Waals surface area contributed by atoms with Crippen LogP contribution < -0.4 is 9.62 Å². The van der Waals surface area contributed by atoms with E-state index in [-0.39, 0.29) is 22.1 Å². The average Bonchev–Trinajstić information content (AvgIpc) is 2.79. The largest absolute Gasteiger partial charge is 0.462 e. The van der Waals surface area contributed by atoms with Crippen molar-refractivity contribution in [3.63, 3.8) is 0 Å². The Labute approximate surface area is 198 Å². The van der Waals surface area contributed by atoms with Crippen molar-refractivity contribution in [3.8, 4) is 0 Å². The molecule has 0 unspecified atom stereocenters. The van der Waals surface area contributed by atoms with Gasteiger partial charge in [0.25, 0.3) is 10.0 Å². The molecular weight excluding hydrogens is 464 g/mol. The summed E-state index contributed by atoms with van der Waals surface area (Å²) in [4.78, 5) is 24.8. The van der Waals surface area contributed by atoms with E-state index in [1.807, 2.05) is 6.92 Å². The highest BCUT2D eigenvalue weighted by Gasteiger charge is 2.27. The van der Waals surface area contributed by atoms with E-state index in [2.05, 4.69) is 5.32 Å². The van der Waals surface area contributed by atoms with Gasteiger partial charge in [0.05, 0.1) is 27.8 Å². The number of esters is 1. The zero-order valence-electron chi connectivity index (χ0n) is 18.1. The number of hydrogen-bond acceptors (Lipinski definition) is 5. The van der Waals surface area contributed by atoms with E-state index in [1.54, 1.807) is 49.4 Å². The Bertz CT molecular complexity index is 1250. The molecule has 0 radical (unpaired) electrons. The lowest BCUT2D eigenvalue weighted by atomic mass is 10.2. The van der Waals surface area contributed by atoms with Gasteiger partial charge in [-0.15, -0.1) is 0 Å². The lowest BCUT2D eigenvalue weighted by Gasteiger charge is -2.24. The number of nitrogens with zero attached hydrogens (tertiary/aromatic N) is 1. The number of anilines is 2. The second-order valence-electron chi connectivity index (χ2n) is 7.12. The van der Waals surface area contributed by atoms with Crippen molar-refractivity contribution < 1.29 is 22.7 Å². The minimum atomic E-state index is -4.00. The maximum absolute atomic E-state index is 13.3. The van der Waals surface area contributed by atoms with Crippen LogP contribution in [0.3, 0.4) is 0 Å². The number of sulfonamides is 1. The van der Waals surface area contributed by atoms with Gasteiger partial charge in [-0.2, -0.15) is 0 Å². The van der Waals surface area contributed by atoms with E-state index in [1.165, 1.54) is 30.3 Å². The fourth-order valence-electron chi connectivity index (χ4n) is 3.04. The van der Waals surface area contributed by atoms with Crippen LogP contribution >= 0.6 is 11.6 Å². The summed E-state index contributed by atoms with van der Waals surface area (Å²) in [6.07, 6.45) is 0. The third-order valence-corrected chi connectivity index (χ3v) is 6.79. The van der Waals surface area contributed by atoms with Crippen LogP contribution in [-0.2, 0) is 19.6 Å². The molecule has 0 aliphatic heterocycles. The summed E-state index contributed by atoms with van der Waals surface area (Å²) in [6, 6.07) is 19.1. The predicted octanol–water partition coefficient (Wildman–Crippen LogP) is 4.66. The number of aryl methyl sites for hydroxylation is 1. The van der Waals surface area contributed by atoms with Gasteiger partial charge in [-0.1, -0.05) is 47.5 Å². The van der Waals surface area contributed by atoms with E-state index in [9.17, 15) is 18.0 Å². The van der Waals surface area contributed by atoms with Gasteiger partial charge in [0.2, 0.25) is 5.91 Å². The number of carbonyl (C=O) groups is 2. The van der Waals surface area contributed by atoms with Crippen molar-refractivity contribution in [2.75, 3.05) is 22.8 Å². The maximum Gasteiger partial charge on any atom is 0.339 e. The number of halogens is 1. The van der Waals surface area contributed by atoms with Crippen LogP contribution in [0.1, 0.15) is 22.8 Å². The lowest BCUT2D eigenvalue weighted by Crippen LogP contribution is -2.38. The van der Waals surface area contributed by atoms with Gasteiger partial charge in [0.1, 0.15) is 6.54 Å². The van der Waals surface area contributed by atoms with Crippen molar-refractivity contribution in [2.24, 2.45) is 0 Å². The second kappa shape index (κ2) is 10.5. The molecule has 0 aromatic heterocycles. The molecule has 172 valence electrons. The number of nitrogens with one attached hydrogen (secondary N) is 1. The van der Waals surface area contributed by atoms with Gasteiger partial charge in [0.15, 0.2) is 0 Å². The Hall–Kier alpha value is -3.36. The molecule has 0 atom stereocenters. The molecule has 3 rings (SSSR count).